The van der Waals surface area contributed by atoms with E-state index < -0.39 is 11.9 Å². The molecule has 6 aromatic rings. The van der Waals surface area contributed by atoms with E-state index in [0.717, 1.165) is 139 Å². The highest BCUT2D eigenvalue weighted by atomic mass is 32.1. The summed E-state index contributed by atoms with van der Waals surface area (Å²) in [6.07, 6.45) is 13.4. The number of unbranched alkanes of at least 4 members (excludes halogenated alkanes) is 6. The van der Waals surface area contributed by atoms with E-state index in [1.54, 1.807) is 0 Å². The van der Waals surface area contributed by atoms with Crippen LogP contribution in [0.5, 0.6) is 0 Å². The number of thiophene rings is 2. The first-order chi connectivity index (χ1) is 27.2. The number of carbonyl (C=O) groups is 2. The molecule has 0 unspecified atom stereocenters. The molecule has 3 heterocycles. The van der Waals surface area contributed by atoms with Gasteiger partial charge in [0.15, 0.2) is 0 Å². The number of carboxylic acid groups (broad SMARTS) is 2. The molecule has 3 aromatic heterocycles. The molecule has 6 rings (SSSR count). The van der Waals surface area contributed by atoms with Crippen LogP contribution in [0.25, 0.3) is 66.0 Å². The second-order valence-electron chi connectivity index (χ2n) is 13.9. The molecule has 9 heteroatoms. The topological polar surface area (TPSA) is 135 Å². The van der Waals surface area contributed by atoms with Gasteiger partial charge >= 0.3 is 11.9 Å². The van der Waals surface area contributed by atoms with Crippen molar-refractivity contribution >= 4 is 68.6 Å². The van der Waals surface area contributed by atoms with E-state index in [2.05, 4.69) is 62.4 Å². The first-order valence-electron chi connectivity index (χ1n) is 19.1. The van der Waals surface area contributed by atoms with Crippen molar-refractivity contribution in [2.45, 2.75) is 78.1 Å². The maximum Gasteiger partial charge on any atom is 0.346 e. The zero-order chi connectivity index (χ0) is 39.6. The second-order valence-corrected chi connectivity index (χ2v) is 16.1. The van der Waals surface area contributed by atoms with E-state index >= 15 is 0 Å². The Bertz CT molecular complexity index is 2390. The zero-order valence-electron chi connectivity index (χ0n) is 31.6. The maximum atomic E-state index is 11.7. The number of carboxylic acids is 2. The zero-order valence-corrected chi connectivity index (χ0v) is 33.2. The summed E-state index contributed by atoms with van der Waals surface area (Å²) in [4.78, 5) is 32.2. The van der Waals surface area contributed by atoms with Crippen LogP contribution in [0.1, 0.15) is 86.1 Å². The van der Waals surface area contributed by atoms with Crippen molar-refractivity contribution in [3.05, 3.63) is 111 Å². The summed E-state index contributed by atoms with van der Waals surface area (Å²) in [7, 11) is 0. The summed E-state index contributed by atoms with van der Waals surface area (Å²) < 4.78 is 0. The number of rotatable bonds is 17. The van der Waals surface area contributed by atoms with Gasteiger partial charge in [-0.15, -0.1) is 22.7 Å². The number of benzene rings is 3. The standard InChI is InChI=1S/C47H43N3O4S2/c1-3-5-7-10-16-31-22-37(24-35(28-48)46(51)52)55-44(31)33-18-20-41-39(26-33)43(30-14-12-9-13-15-30)40-27-34(19-21-42(40)50-41)45-32(17-11-8-6-4-2)23-38(56-45)25-36(29-49)47(53)54/h9,12-15,18-27H,3-8,10-11,16-17H2,1-2H3,(H,51,52)(H,53,54)/b35-24+,36-25+. The maximum absolute atomic E-state index is 11.7. The van der Waals surface area contributed by atoms with Crippen LogP contribution in [0.3, 0.4) is 0 Å². The fourth-order valence-corrected chi connectivity index (χ4v) is 9.40. The monoisotopic (exact) mass is 777 g/mol. The van der Waals surface area contributed by atoms with Gasteiger partial charge in [0, 0.05) is 35.8 Å². The number of hydrogen-bond acceptors (Lipinski definition) is 7. The average molecular weight is 778 g/mol. The lowest BCUT2D eigenvalue weighted by molar-refractivity contribution is -0.133. The van der Waals surface area contributed by atoms with E-state index in [1.165, 1.54) is 34.8 Å². The van der Waals surface area contributed by atoms with Gasteiger partial charge in [0.2, 0.25) is 0 Å². The molecule has 3 aromatic carbocycles. The molecule has 0 spiro atoms. The molecule has 0 aliphatic heterocycles. The molecule has 2 N–H and O–H groups in total. The molecule has 0 saturated carbocycles. The SMILES string of the molecule is CCCCCCc1cc(/C=C(\C#N)C(=O)O)sc1-c1ccc2nc3ccc(-c4sc(/C=C(\C#N)C(=O)O)cc4CCCCCC)cc3c(-c3ccccc3)c2c1. The number of aryl methyl sites for hydroxylation is 2. The molecule has 282 valence electrons. The smallest absolute Gasteiger partial charge is 0.346 e. The molecule has 0 atom stereocenters. The largest absolute Gasteiger partial charge is 0.477 e. The van der Waals surface area contributed by atoms with Crippen molar-refractivity contribution in [1.29, 1.82) is 10.5 Å². The molecule has 0 fully saturated rings. The number of hydrogen-bond donors (Lipinski definition) is 2. The number of fused-ring (bicyclic) bond motifs is 2. The molecule has 0 saturated heterocycles. The van der Waals surface area contributed by atoms with E-state index in [-0.39, 0.29) is 11.1 Å². The number of nitriles is 2. The minimum absolute atomic E-state index is 0.294. The Hall–Kier alpha value is -5.87. The predicted octanol–water partition coefficient (Wildman–Crippen LogP) is 12.7. The minimum Gasteiger partial charge on any atom is -0.477 e. The molecule has 7 nitrogen and oxygen atoms in total. The van der Waals surface area contributed by atoms with Crippen LogP contribution in [0.15, 0.2) is 90.0 Å². The first kappa shape index (κ1) is 39.8. The predicted molar refractivity (Wildman–Crippen MR) is 229 cm³/mol. The number of pyridine rings is 1. The Morgan fingerprint density at radius 3 is 1.50 bits per heavy atom. The summed E-state index contributed by atoms with van der Waals surface area (Å²) in [5.41, 5.74) is 7.48. The molecule has 0 bridgehead atoms. The number of aromatic nitrogens is 1. The van der Waals surface area contributed by atoms with Crippen LogP contribution < -0.4 is 0 Å². The lowest BCUT2D eigenvalue weighted by Crippen LogP contribution is -1.96. The molecule has 0 aliphatic carbocycles. The van der Waals surface area contributed by atoms with Gasteiger partial charge in [0.1, 0.15) is 23.3 Å². The Balaban J connectivity index is 1.54. The van der Waals surface area contributed by atoms with Crippen molar-refractivity contribution < 1.29 is 19.8 Å². The van der Waals surface area contributed by atoms with Crippen molar-refractivity contribution in [2.24, 2.45) is 0 Å². The summed E-state index contributed by atoms with van der Waals surface area (Å²) in [6, 6.07) is 30.6. The van der Waals surface area contributed by atoms with Gasteiger partial charge in [-0.3, -0.25) is 0 Å². The normalized spacial score (nSPS) is 11.9. The Kier molecular flexibility index (Phi) is 13.3. The average Bonchev–Trinajstić information content (AvgIpc) is 3.81. The van der Waals surface area contributed by atoms with Crippen molar-refractivity contribution in [3.63, 3.8) is 0 Å². The van der Waals surface area contributed by atoms with Crippen LogP contribution in [-0.4, -0.2) is 27.1 Å². The van der Waals surface area contributed by atoms with Crippen molar-refractivity contribution in [1.82, 2.24) is 4.98 Å². The van der Waals surface area contributed by atoms with Gasteiger partial charge in [-0.05, 0) is 102 Å². The third kappa shape index (κ3) is 9.14. The first-order valence-corrected chi connectivity index (χ1v) is 20.8. The third-order valence-electron chi connectivity index (χ3n) is 9.89. The molecule has 56 heavy (non-hydrogen) atoms. The van der Waals surface area contributed by atoms with Gasteiger partial charge in [0.25, 0.3) is 0 Å². The van der Waals surface area contributed by atoms with Crippen LogP contribution >= 0.6 is 22.7 Å². The van der Waals surface area contributed by atoms with E-state index in [9.17, 15) is 30.3 Å². The summed E-state index contributed by atoms with van der Waals surface area (Å²) >= 11 is 3.00. The van der Waals surface area contributed by atoms with Gasteiger partial charge < -0.3 is 10.2 Å². The third-order valence-corrected chi connectivity index (χ3v) is 12.2. The highest BCUT2D eigenvalue weighted by Crippen LogP contribution is 2.43. The summed E-state index contributed by atoms with van der Waals surface area (Å²) in [5, 5.41) is 40.1. The van der Waals surface area contributed by atoms with Crippen LogP contribution in [0.4, 0.5) is 0 Å². The van der Waals surface area contributed by atoms with Crippen LogP contribution in [-0.2, 0) is 22.4 Å². The fraction of sp³-hybridized carbons (Fsp3) is 0.255. The van der Waals surface area contributed by atoms with Gasteiger partial charge in [0.05, 0.1) is 11.0 Å². The summed E-state index contributed by atoms with van der Waals surface area (Å²) in [5.74, 6) is -2.48. The van der Waals surface area contributed by atoms with E-state index in [0.29, 0.717) is 0 Å². The lowest BCUT2D eigenvalue weighted by Gasteiger charge is -2.14. The van der Waals surface area contributed by atoms with Gasteiger partial charge in [-0.25, -0.2) is 14.6 Å². The van der Waals surface area contributed by atoms with Crippen molar-refractivity contribution in [3.8, 4) is 44.1 Å². The van der Waals surface area contributed by atoms with Gasteiger partial charge in [-0.2, -0.15) is 10.5 Å². The highest BCUT2D eigenvalue weighted by molar-refractivity contribution is 7.17. The summed E-state index contributed by atoms with van der Waals surface area (Å²) in [6.45, 7) is 4.37. The second kappa shape index (κ2) is 18.6. The fourth-order valence-electron chi connectivity index (χ4n) is 7.10. The van der Waals surface area contributed by atoms with Crippen LogP contribution in [0.2, 0.25) is 0 Å². The minimum atomic E-state index is -1.24. The molecule has 0 aliphatic rings. The quantitative estimate of drug-likeness (QED) is 0.0407. The molecule has 0 amide bonds. The Morgan fingerprint density at radius 2 is 1.09 bits per heavy atom. The van der Waals surface area contributed by atoms with Gasteiger partial charge in [-0.1, -0.05) is 94.8 Å². The van der Waals surface area contributed by atoms with Crippen molar-refractivity contribution in [2.75, 3.05) is 0 Å². The van der Waals surface area contributed by atoms with E-state index in [4.69, 9.17) is 4.98 Å². The highest BCUT2D eigenvalue weighted by Gasteiger charge is 2.19. The molecular formula is C47H43N3O4S2. The number of aliphatic carboxylic acids is 2. The molecule has 0 radical (unpaired) electrons. The Labute approximate surface area is 335 Å². The van der Waals surface area contributed by atoms with Crippen LogP contribution in [0, 0.1) is 22.7 Å². The Morgan fingerprint density at radius 1 is 0.625 bits per heavy atom. The number of nitrogens with zero attached hydrogens (tertiary/aromatic N) is 3. The molecular weight excluding hydrogens is 735 g/mol. The lowest BCUT2D eigenvalue weighted by atomic mass is 9.93. The van der Waals surface area contributed by atoms with E-state index in [1.807, 2.05) is 42.5 Å².